The van der Waals surface area contributed by atoms with Gasteiger partial charge in [-0.15, -0.1) is 0 Å². The van der Waals surface area contributed by atoms with Gasteiger partial charge >= 0.3 is 0 Å². The van der Waals surface area contributed by atoms with Crippen LogP contribution < -0.4 is 16.0 Å². The molecule has 1 aromatic rings. The van der Waals surface area contributed by atoms with Crippen molar-refractivity contribution in [2.24, 2.45) is 4.99 Å². The van der Waals surface area contributed by atoms with Gasteiger partial charge in [-0.2, -0.15) is 0 Å². The number of hydrogen-bond donors (Lipinski definition) is 3. The van der Waals surface area contributed by atoms with Gasteiger partial charge in [0, 0.05) is 31.0 Å². The number of carbonyl (C=O) groups is 1. The van der Waals surface area contributed by atoms with Crippen LogP contribution in [-0.4, -0.2) is 37.5 Å². The Morgan fingerprint density at radius 2 is 2.12 bits per heavy atom. The highest BCUT2D eigenvalue weighted by Gasteiger charge is 2.44. The van der Waals surface area contributed by atoms with Crippen molar-refractivity contribution in [2.45, 2.75) is 56.9 Å². The fourth-order valence-electron chi connectivity index (χ4n) is 3.06. The number of rotatable bonds is 9. The first-order valence-corrected chi connectivity index (χ1v) is 9.69. The molecule has 26 heavy (non-hydrogen) atoms. The quantitative estimate of drug-likeness (QED) is 0.360. The predicted molar refractivity (Wildman–Crippen MR) is 102 cm³/mol. The highest BCUT2D eigenvalue weighted by atomic mass is 19.1. The summed E-state index contributed by atoms with van der Waals surface area (Å²) in [7, 11) is 0. The predicted octanol–water partition coefficient (Wildman–Crippen LogP) is 2.47. The molecular weight excluding hydrogens is 331 g/mol. The molecule has 0 spiro atoms. The molecule has 142 valence electrons. The number of carbonyl (C=O) groups excluding carboxylic acids is 1. The average Bonchev–Trinajstić information content (AvgIpc) is 3.52. The maximum Gasteiger partial charge on any atom is 0.220 e. The Morgan fingerprint density at radius 3 is 2.77 bits per heavy atom. The van der Waals surface area contributed by atoms with Crippen molar-refractivity contribution in [1.29, 1.82) is 0 Å². The van der Waals surface area contributed by atoms with Crippen LogP contribution >= 0.6 is 0 Å². The largest absolute Gasteiger partial charge is 0.357 e. The molecule has 3 N–H and O–H groups in total. The fraction of sp³-hybridized carbons (Fsp3) is 0.600. The van der Waals surface area contributed by atoms with Crippen LogP contribution in [0.1, 0.15) is 51.0 Å². The van der Waals surface area contributed by atoms with E-state index in [0.717, 1.165) is 50.2 Å². The lowest BCUT2D eigenvalue weighted by atomic mass is 9.96. The summed E-state index contributed by atoms with van der Waals surface area (Å²) in [5.41, 5.74) is 1.02. The summed E-state index contributed by atoms with van der Waals surface area (Å²) < 4.78 is 13.5. The van der Waals surface area contributed by atoms with E-state index >= 15 is 0 Å². The van der Waals surface area contributed by atoms with Crippen molar-refractivity contribution < 1.29 is 9.18 Å². The van der Waals surface area contributed by atoms with E-state index in [1.165, 1.54) is 6.07 Å². The monoisotopic (exact) mass is 360 g/mol. The topological polar surface area (TPSA) is 65.5 Å². The minimum absolute atomic E-state index is 0.0192. The summed E-state index contributed by atoms with van der Waals surface area (Å²) in [5, 5.41) is 9.53. The van der Waals surface area contributed by atoms with Crippen LogP contribution in [0.25, 0.3) is 0 Å². The van der Waals surface area contributed by atoms with Gasteiger partial charge in [-0.05, 0) is 56.7 Å². The molecule has 1 amide bonds. The van der Waals surface area contributed by atoms with Crippen molar-refractivity contribution in [3.8, 4) is 0 Å². The zero-order chi connectivity index (χ0) is 18.4. The zero-order valence-corrected chi connectivity index (χ0v) is 15.5. The van der Waals surface area contributed by atoms with Gasteiger partial charge in [-0.25, -0.2) is 4.39 Å². The maximum absolute atomic E-state index is 13.5. The molecular formula is C20H29FN4O. The molecule has 0 unspecified atom stereocenters. The summed E-state index contributed by atoms with van der Waals surface area (Å²) in [5.74, 6) is 0.712. The molecule has 0 aromatic heterocycles. The van der Waals surface area contributed by atoms with Crippen LogP contribution in [0, 0.1) is 5.82 Å². The molecule has 2 fully saturated rings. The van der Waals surface area contributed by atoms with Crippen LogP contribution in [0.4, 0.5) is 4.39 Å². The molecule has 5 nitrogen and oxygen atoms in total. The third-order valence-corrected chi connectivity index (χ3v) is 4.99. The van der Waals surface area contributed by atoms with Crippen LogP contribution in [0.15, 0.2) is 29.3 Å². The number of benzene rings is 1. The van der Waals surface area contributed by atoms with Crippen molar-refractivity contribution in [3.05, 3.63) is 35.6 Å². The van der Waals surface area contributed by atoms with Crippen LogP contribution in [0.5, 0.6) is 0 Å². The molecule has 0 heterocycles. The number of nitrogens with zero attached hydrogens (tertiary/aromatic N) is 1. The van der Waals surface area contributed by atoms with E-state index in [9.17, 15) is 9.18 Å². The van der Waals surface area contributed by atoms with Crippen molar-refractivity contribution in [1.82, 2.24) is 16.0 Å². The Bertz CT molecular complexity index is 653. The van der Waals surface area contributed by atoms with Crippen molar-refractivity contribution in [2.75, 3.05) is 19.6 Å². The number of amides is 1. The first kappa shape index (κ1) is 18.7. The Balaban J connectivity index is 1.46. The Labute approximate surface area is 154 Å². The molecule has 1 aromatic carbocycles. The van der Waals surface area contributed by atoms with E-state index in [2.05, 4.69) is 16.0 Å². The van der Waals surface area contributed by atoms with Crippen molar-refractivity contribution >= 4 is 11.9 Å². The van der Waals surface area contributed by atoms with Gasteiger partial charge in [-0.3, -0.25) is 9.79 Å². The summed E-state index contributed by atoms with van der Waals surface area (Å²) in [6.07, 6.45) is 5.64. The van der Waals surface area contributed by atoms with E-state index in [-0.39, 0.29) is 17.1 Å². The first-order chi connectivity index (χ1) is 12.6. The molecule has 2 aliphatic rings. The highest BCUT2D eigenvalue weighted by Crippen LogP contribution is 2.48. The van der Waals surface area contributed by atoms with Crippen LogP contribution in [-0.2, 0) is 10.2 Å². The van der Waals surface area contributed by atoms with Crippen LogP contribution in [0.2, 0.25) is 0 Å². The van der Waals surface area contributed by atoms with E-state index < -0.39 is 0 Å². The summed E-state index contributed by atoms with van der Waals surface area (Å²) in [6.45, 7) is 4.16. The fourth-order valence-corrected chi connectivity index (χ4v) is 3.06. The Kier molecular flexibility index (Phi) is 6.12. The van der Waals surface area contributed by atoms with Gasteiger partial charge < -0.3 is 16.0 Å². The number of halogens is 1. The molecule has 0 bridgehead atoms. The SMILES string of the molecule is CCNC(=NCC1(c2cccc(F)c2)CC1)NCCCC(=O)NC1CC1. The lowest BCUT2D eigenvalue weighted by molar-refractivity contribution is -0.121. The summed E-state index contributed by atoms with van der Waals surface area (Å²) >= 11 is 0. The molecule has 0 atom stereocenters. The lowest BCUT2D eigenvalue weighted by Gasteiger charge is -2.16. The van der Waals surface area contributed by atoms with E-state index in [4.69, 9.17) is 4.99 Å². The molecule has 0 saturated heterocycles. The molecule has 0 radical (unpaired) electrons. The number of aliphatic imine (C=N–C) groups is 1. The second kappa shape index (κ2) is 8.52. The van der Waals surface area contributed by atoms with Crippen molar-refractivity contribution in [3.63, 3.8) is 0 Å². The zero-order valence-electron chi connectivity index (χ0n) is 15.5. The van der Waals surface area contributed by atoms with Gasteiger partial charge in [0.2, 0.25) is 5.91 Å². The normalized spacial score (nSPS) is 18.3. The van der Waals surface area contributed by atoms with Gasteiger partial charge in [0.25, 0.3) is 0 Å². The minimum atomic E-state index is -0.188. The highest BCUT2D eigenvalue weighted by molar-refractivity contribution is 5.80. The van der Waals surface area contributed by atoms with Gasteiger partial charge in [0.05, 0.1) is 6.54 Å². The molecule has 2 aliphatic carbocycles. The molecule has 3 rings (SSSR count). The molecule has 0 aliphatic heterocycles. The average molecular weight is 360 g/mol. The maximum atomic E-state index is 13.5. The second-order valence-electron chi connectivity index (χ2n) is 7.36. The number of nitrogens with one attached hydrogen (secondary N) is 3. The Hall–Kier alpha value is -2.11. The van der Waals surface area contributed by atoms with Crippen LogP contribution in [0.3, 0.4) is 0 Å². The van der Waals surface area contributed by atoms with E-state index in [1.54, 1.807) is 12.1 Å². The number of guanidine groups is 1. The van der Waals surface area contributed by atoms with Gasteiger partial charge in [0.15, 0.2) is 5.96 Å². The second-order valence-corrected chi connectivity index (χ2v) is 7.36. The lowest BCUT2D eigenvalue weighted by Crippen LogP contribution is -2.38. The smallest absolute Gasteiger partial charge is 0.220 e. The van der Waals surface area contributed by atoms with Gasteiger partial charge in [-0.1, -0.05) is 12.1 Å². The Morgan fingerprint density at radius 1 is 1.31 bits per heavy atom. The number of hydrogen-bond acceptors (Lipinski definition) is 2. The van der Waals surface area contributed by atoms with Gasteiger partial charge in [0.1, 0.15) is 5.82 Å². The first-order valence-electron chi connectivity index (χ1n) is 9.69. The van der Waals surface area contributed by atoms with E-state index in [0.29, 0.717) is 25.6 Å². The van der Waals surface area contributed by atoms with E-state index in [1.807, 2.05) is 13.0 Å². The minimum Gasteiger partial charge on any atom is -0.357 e. The summed E-state index contributed by atoms with van der Waals surface area (Å²) in [4.78, 5) is 16.4. The standard InChI is InChI=1S/C20H29FN4O/c1-2-22-19(23-12-4-7-18(26)25-17-8-9-17)24-14-20(10-11-20)15-5-3-6-16(21)13-15/h3,5-6,13,17H,2,4,7-12,14H2,1H3,(H,25,26)(H2,22,23,24). The molecule has 6 heteroatoms. The molecule has 2 saturated carbocycles. The summed E-state index contributed by atoms with van der Waals surface area (Å²) in [6, 6.07) is 7.29. The third kappa shape index (κ3) is 5.44. The third-order valence-electron chi connectivity index (χ3n) is 4.99.